The zero-order chi connectivity index (χ0) is 8.97. The third-order valence-electron chi connectivity index (χ3n) is 1.51. The van der Waals surface area contributed by atoms with Gasteiger partial charge in [-0.1, -0.05) is 32.5 Å². The number of hydrogen-bond acceptors (Lipinski definition) is 3. The van der Waals surface area contributed by atoms with E-state index in [1.807, 2.05) is 0 Å². The first-order valence-electron chi connectivity index (χ1n) is 4.20. The van der Waals surface area contributed by atoms with E-state index in [-0.39, 0.29) is 0 Å². The molecular formula is C8H15N3S. The second-order valence-corrected chi connectivity index (χ2v) is 4.78. The fourth-order valence-corrected chi connectivity index (χ4v) is 2.23. The molecule has 4 heteroatoms. The van der Waals surface area contributed by atoms with Gasteiger partial charge in [0, 0.05) is 5.25 Å². The van der Waals surface area contributed by atoms with Crippen molar-refractivity contribution in [3.8, 4) is 0 Å². The quantitative estimate of drug-likeness (QED) is 0.732. The zero-order valence-electron chi connectivity index (χ0n) is 7.74. The summed E-state index contributed by atoms with van der Waals surface area (Å²) < 4.78 is 0. The molecular weight excluding hydrogens is 170 g/mol. The highest BCUT2D eigenvalue weighted by Crippen LogP contribution is 2.23. The SMILES string of the molecule is CC(C)CC(C)Sc1ncn[nH]1. The molecule has 1 aromatic rings. The number of aromatic nitrogens is 3. The van der Waals surface area contributed by atoms with Gasteiger partial charge in [0.05, 0.1) is 0 Å². The van der Waals surface area contributed by atoms with E-state index in [1.165, 1.54) is 6.42 Å². The van der Waals surface area contributed by atoms with E-state index in [1.54, 1.807) is 18.1 Å². The van der Waals surface area contributed by atoms with E-state index in [2.05, 4.69) is 36.0 Å². The van der Waals surface area contributed by atoms with Crippen molar-refractivity contribution in [3.63, 3.8) is 0 Å². The highest BCUT2D eigenvalue weighted by Gasteiger charge is 2.07. The average Bonchev–Trinajstić information content (AvgIpc) is 2.37. The van der Waals surface area contributed by atoms with Crippen LogP contribution in [0.15, 0.2) is 11.5 Å². The lowest BCUT2D eigenvalue weighted by molar-refractivity contribution is 0.584. The maximum absolute atomic E-state index is 4.06. The van der Waals surface area contributed by atoms with E-state index < -0.39 is 0 Å². The summed E-state index contributed by atoms with van der Waals surface area (Å²) >= 11 is 1.75. The summed E-state index contributed by atoms with van der Waals surface area (Å²) in [7, 11) is 0. The van der Waals surface area contributed by atoms with Gasteiger partial charge in [-0.2, -0.15) is 5.10 Å². The Morgan fingerprint density at radius 1 is 1.50 bits per heavy atom. The standard InChI is InChI=1S/C8H15N3S/c1-6(2)4-7(3)12-8-9-5-10-11-8/h5-7H,4H2,1-3H3,(H,9,10,11). The molecule has 1 N–H and O–H groups in total. The van der Waals surface area contributed by atoms with Crippen LogP contribution in [0.5, 0.6) is 0 Å². The minimum absolute atomic E-state index is 0.609. The Morgan fingerprint density at radius 3 is 2.75 bits per heavy atom. The molecule has 0 radical (unpaired) electrons. The molecule has 68 valence electrons. The van der Waals surface area contributed by atoms with Crippen LogP contribution in [-0.4, -0.2) is 20.4 Å². The van der Waals surface area contributed by atoms with Crippen LogP contribution < -0.4 is 0 Å². The van der Waals surface area contributed by atoms with E-state index in [0.717, 1.165) is 11.1 Å². The summed E-state index contributed by atoms with van der Waals surface area (Å²) in [5.41, 5.74) is 0. The molecule has 1 atom stereocenters. The van der Waals surface area contributed by atoms with Gasteiger partial charge >= 0.3 is 0 Å². The molecule has 0 fully saturated rings. The molecule has 0 saturated heterocycles. The highest BCUT2D eigenvalue weighted by molar-refractivity contribution is 7.99. The lowest BCUT2D eigenvalue weighted by atomic mass is 10.1. The van der Waals surface area contributed by atoms with Crippen molar-refractivity contribution in [2.45, 2.75) is 37.6 Å². The van der Waals surface area contributed by atoms with Crippen molar-refractivity contribution in [1.29, 1.82) is 0 Å². The highest BCUT2D eigenvalue weighted by atomic mass is 32.2. The Hall–Kier alpha value is -0.510. The molecule has 0 bridgehead atoms. The van der Waals surface area contributed by atoms with Crippen molar-refractivity contribution in [2.75, 3.05) is 0 Å². The number of thioether (sulfide) groups is 1. The van der Waals surface area contributed by atoms with Crippen LogP contribution in [0.3, 0.4) is 0 Å². The average molecular weight is 185 g/mol. The van der Waals surface area contributed by atoms with Crippen LogP contribution in [0.2, 0.25) is 0 Å². The lowest BCUT2D eigenvalue weighted by Gasteiger charge is -2.10. The van der Waals surface area contributed by atoms with Gasteiger partial charge in [-0.25, -0.2) is 4.98 Å². The predicted molar refractivity (Wildman–Crippen MR) is 51.2 cm³/mol. The van der Waals surface area contributed by atoms with Crippen molar-refractivity contribution in [2.24, 2.45) is 5.92 Å². The smallest absolute Gasteiger partial charge is 0.183 e. The molecule has 0 saturated carbocycles. The Labute approximate surface area is 77.4 Å². The number of H-pyrrole nitrogens is 1. The van der Waals surface area contributed by atoms with Crippen LogP contribution >= 0.6 is 11.8 Å². The molecule has 12 heavy (non-hydrogen) atoms. The molecule has 0 aromatic carbocycles. The summed E-state index contributed by atoms with van der Waals surface area (Å²) in [4.78, 5) is 4.06. The fourth-order valence-electron chi connectivity index (χ4n) is 1.15. The Kier molecular flexibility index (Phi) is 3.59. The van der Waals surface area contributed by atoms with E-state index in [4.69, 9.17) is 0 Å². The van der Waals surface area contributed by atoms with Crippen molar-refractivity contribution in [1.82, 2.24) is 15.2 Å². The molecule has 0 aliphatic rings. The number of rotatable bonds is 4. The fraction of sp³-hybridized carbons (Fsp3) is 0.750. The minimum Gasteiger partial charge on any atom is -0.254 e. The van der Waals surface area contributed by atoms with Crippen LogP contribution in [0.25, 0.3) is 0 Å². The van der Waals surface area contributed by atoms with Gasteiger partial charge in [0.2, 0.25) is 0 Å². The van der Waals surface area contributed by atoms with E-state index >= 15 is 0 Å². The van der Waals surface area contributed by atoms with Crippen LogP contribution in [0, 0.1) is 5.92 Å². The van der Waals surface area contributed by atoms with Gasteiger partial charge in [0.25, 0.3) is 0 Å². The van der Waals surface area contributed by atoms with E-state index in [0.29, 0.717) is 5.25 Å². The minimum atomic E-state index is 0.609. The lowest BCUT2D eigenvalue weighted by Crippen LogP contribution is -2.01. The number of nitrogens with zero attached hydrogens (tertiary/aromatic N) is 2. The molecule has 0 aliphatic carbocycles. The summed E-state index contributed by atoms with van der Waals surface area (Å²) in [5.74, 6) is 0.746. The normalized spacial score (nSPS) is 13.7. The summed E-state index contributed by atoms with van der Waals surface area (Å²) in [6.07, 6.45) is 2.76. The Bertz CT molecular complexity index is 208. The van der Waals surface area contributed by atoms with Gasteiger partial charge in [-0.05, 0) is 12.3 Å². The number of hydrogen-bond donors (Lipinski definition) is 1. The van der Waals surface area contributed by atoms with Crippen molar-refractivity contribution >= 4 is 11.8 Å². The summed E-state index contributed by atoms with van der Waals surface area (Å²) in [5, 5.41) is 8.17. The number of aromatic amines is 1. The third-order valence-corrected chi connectivity index (χ3v) is 2.52. The maximum Gasteiger partial charge on any atom is 0.183 e. The monoisotopic (exact) mass is 185 g/mol. The predicted octanol–water partition coefficient (Wildman–Crippen LogP) is 2.33. The van der Waals surface area contributed by atoms with Crippen molar-refractivity contribution < 1.29 is 0 Å². The Balaban J connectivity index is 2.32. The summed E-state index contributed by atoms with van der Waals surface area (Å²) in [6, 6.07) is 0. The molecule has 1 aromatic heterocycles. The molecule has 3 nitrogen and oxygen atoms in total. The zero-order valence-corrected chi connectivity index (χ0v) is 8.56. The van der Waals surface area contributed by atoms with Gasteiger partial charge in [0.1, 0.15) is 6.33 Å². The molecule has 0 amide bonds. The second-order valence-electron chi connectivity index (χ2n) is 3.35. The summed E-state index contributed by atoms with van der Waals surface area (Å²) in [6.45, 7) is 6.68. The van der Waals surface area contributed by atoms with E-state index in [9.17, 15) is 0 Å². The largest absolute Gasteiger partial charge is 0.254 e. The van der Waals surface area contributed by atoms with Gasteiger partial charge in [-0.15, -0.1) is 0 Å². The first kappa shape index (κ1) is 9.58. The first-order valence-corrected chi connectivity index (χ1v) is 5.08. The third kappa shape index (κ3) is 3.26. The van der Waals surface area contributed by atoms with Gasteiger partial charge < -0.3 is 0 Å². The van der Waals surface area contributed by atoms with Crippen LogP contribution in [0.4, 0.5) is 0 Å². The molecule has 1 heterocycles. The molecule has 0 aliphatic heterocycles. The first-order chi connectivity index (χ1) is 5.68. The maximum atomic E-state index is 4.06. The van der Waals surface area contributed by atoms with Crippen molar-refractivity contribution in [3.05, 3.63) is 6.33 Å². The second kappa shape index (κ2) is 4.50. The van der Waals surface area contributed by atoms with Crippen LogP contribution in [-0.2, 0) is 0 Å². The molecule has 1 unspecified atom stereocenters. The molecule has 0 spiro atoms. The Morgan fingerprint density at radius 2 is 2.25 bits per heavy atom. The van der Waals surface area contributed by atoms with Gasteiger partial charge in [0.15, 0.2) is 5.16 Å². The van der Waals surface area contributed by atoms with Crippen LogP contribution in [0.1, 0.15) is 27.2 Å². The topological polar surface area (TPSA) is 41.6 Å². The number of nitrogens with one attached hydrogen (secondary N) is 1. The molecule has 1 rings (SSSR count). The van der Waals surface area contributed by atoms with Gasteiger partial charge in [-0.3, -0.25) is 5.10 Å².